The van der Waals surface area contributed by atoms with Crippen molar-refractivity contribution in [2.75, 3.05) is 32.7 Å². The molecule has 0 radical (unpaired) electrons. The van der Waals surface area contributed by atoms with Gasteiger partial charge in [0.25, 0.3) is 0 Å². The molecular weight excluding hydrogens is 358 g/mol. The summed E-state index contributed by atoms with van der Waals surface area (Å²) in [4.78, 5) is 43.4. The van der Waals surface area contributed by atoms with E-state index in [1.165, 1.54) is 0 Å². The smallest absolute Gasteiger partial charge is 0.247 e. The molecule has 3 rings (SSSR count). The van der Waals surface area contributed by atoms with E-state index in [-0.39, 0.29) is 30.8 Å². The van der Waals surface area contributed by atoms with Crippen LogP contribution in [0.5, 0.6) is 0 Å². The first-order valence-corrected chi connectivity index (χ1v) is 10.1. The second-order valence-electron chi connectivity index (χ2n) is 8.31. The molecule has 0 saturated carbocycles. The van der Waals surface area contributed by atoms with E-state index in [1.807, 2.05) is 38.4 Å². The fraction of sp³-hybridized carbons (Fsp3) is 0.700. The first kappa shape index (κ1) is 20.4. The van der Waals surface area contributed by atoms with Gasteiger partial charge in [-0.1, -0.05) is 13.8 Å². The summed E-state index contributed by atoms with van der Waals surface area (Å²) in [5, 5.41) is 4.40. The molecule has 0 spiro atoms. The Bertz CT molecular complexity index is 757. The van der Waals surface area contributed by atoms with Crippen molar-refractivity contribution in [2.45, 2.75) is 53.1 Å². The Morgan fingerprint density at radius 1 is 1.25 bits per heavy atom. The molecule has 2 saturated heterocycles. The highest BCUT2D eigenvalue weighted by molar-refractivity contribution is 5.95. The number of rotatable bonds is 5. The molecule has 1 unspecified atom stereocenters. The van der Waals surface area contributed by atoms with E-state index in [4.69, 9.17) is 0 Å². The van der Waals surface area contributed by atoms with Crippen molar-refractivity contribution in [3.05, 3.63) is 17.5 Å². The monoisotopic (exact) mass is 389 g/mol. The maximum atomic E-state index is 13.0. The van der Waals surface area contributed by atoms with Gasteiger partial charge in [-0.25, -0.2) is 0 Å². The zero-order valence-electron chi connectivity index (χ0n) is 17.3. The van der Waals surface area contributed by atoms with Crippen molar-refractivity contribution >= 4 is 17.7 Å². The predicted octanol–water partition coefficient (Wildman–Crippen LogP) is 0.818. The van der Waals surface area contributed by atoms with E-state index in [0.717, 1.165) is 11.4 Å². The highest BCUT2D eigenvalue weighted by atomic mass is 16.2. The van der Waals surface area contributed by atoms with Crippen molar-refractivity contribution in [1.29, 1.82) is 0 Å². The van der Waals surface area contributed by atoms with Gasteiger partial charge in [0.1, 0.15) is 6.04 Å². The van der Waals surface area contributed by atoms with E-state index < -0.39 is 6.04 Å². The van der Waals surface area contributed by atoms with Gasteiger partial charge in [0.15, 0.2) is 0 Å². The van der Waals surface area contributed by atoms with E-state index in [2.05, 4.69) is 5.10 Å². The van der Waals surface area contributed by atoms with Crippen LogP contribution in [-0.2, 0) is 20.9 Å². The summed E-state index contributed by atoms with van der Waals surface area (Å²) < 4.78 is 1.84. The molecule has 3 amide bonds. The minimum absolute atomic E-state index is 0.00985. The number of carbonyl (C=O) groups excluding carboxylic acids is 3. The molecule has 1 aromatic rings. The molecule has 2 aliphatic rings. The number of fused-ring (bicyclic) bond motifs is 1. The lowest BCUT2D eigenvalue weighted by atomic mass is 10.1. The third-order valence-corrected chi connectivity index (χ3v) is 5.42. The molecule has 154 valence electrons. The van der Waals surface area contributed by atoms with Crippen LogP contribution in [0.3, 0.4) is 0 Å². The third kappa shape index (κ3) is 4.36. The highest BCUT2D eigenvalue weighted by Gasteiger charge is 2.41. The van der Waals surface area contributed by atoms with Crippen LogP contribution in [0.1, 0.15) is 38.1 Å². The Balaban J connectivity index is 1.67. The van der Waals surface area contributed by atoms with Crippen molar-refractivity contribution in [3.8, 4) is 0 Å². The lowest BCUT2D eigenvalue weighted by molar-refractivity contribution is -0.156. The number of amides is 3. The minimum atomic E-state index is -0.555. The lowest BCUT2D eigenvalue weighted by Crippen LogP contribution is -2.62. The normalized spacial score (nSPS) is 20.6. The number of carbonyl (C=O) groups is 3. The first-order chi connectivity index (χ1) is 13.3. The van der Waals surface area contributed by atoms with Gasteiger partial charge in [0.05, 0.1) is 18.8 Å². The average Bonchev–Trinajstić information content (AvgIpc) is 2.82. The third-order valence-electron chi connectivity index (χ3n) is 5.42. The van der Waals surface area contributed by atoms with Gasteiger partial charge in [-0.05, 0) is 32.3 Å². The van der Waals surface area contributed by atoms with E-state index in [1.54, 1.807) is 14.7 Å². The first-order valence-electron chi connectivity index (χ1n) is 10.1. The second-order valence-corrected chi connectivity index (χ2v) is 8.31. The van der Waals surface area contributed by atoms with Gasteiger partial charge >= 0.3 is 0 Å². The molecule has 28 heavy (non-hydrogen) atoms. The van der Waals surface area contributed by atoms with Crippen LogP contribution in [0, 0.1) is 19.8 Å². The zero-order valence-corrected chi connectivity index (χ0v) is 17.3. The molecule has 0 N–H and O–H groups in total. The van der Waals surface area contributed by atoms with Crippen LogP contribution in [0.15, 0.2) is 6.07 Å². The Kier molecular flexibility index (Phi) is 6.05. The predicted molar refractivity (Wildman–Crippen MR) is 104 cm³/mol. The van der Waals surface area contributed by atoms with Crippen LogP contribution in [-0.4, -0.2) is 81.0 Å². The number of aryl methyl sites for hydroxylation is 3. The Morgan fingerprint density at radius 3 is 2.64 bits per heavy atom. The van der Waals surface area contributed by atoms with Gasteiger partial charge in [0, 0.05) is 38.3 Å². The number of hydrogen-bond acceptors (Lipinski definition) is 4. The van der Waals surface area contributed by atoms with Crippen LogP contribution < -0.4 is 0 Å². The fourth-order valence-corrected chi connectivity index (χ4v) is 4.12. The minimum Gasteiger partial charge on any atom is -0.340 e. The number of nitrogens with zero attached hydrogens (tertiary/aromatic N) is 5. The quantitative estimate of drug-likeness (QED) is 0.747. The summed E-state index contributed by atoms with van der Waals surface area (Å²) in [7, 11) is 0. The van der Waals surface area contributed by atoms with Crippen LogP contribution in [0.4, 0.5) is 0 Å². The molecule has 0 bridgehead atoms. The van der Waals surface area contributed by atoms with Crippen LogP contribution >= 0.6 is 0 Å². The second kappa shape index (κ2) is 8.32. The van der Waals surface area contributed by atoms with Crippen LogP contribution in [0.2, 0.25) is 0 Å². The van der Waals surface area contributed by atoms with Gasteiger partial charge in [-0.2, -0.15) is 5.10 Å². The summed E-state index contributed by atoms with van der Waals surface area (Å²) >= 11 is 0. The highest BCUT2D eigenvalue weighted by Crippen LogP contribution is 2.19. The van der Waals surface area contributed by atoms with E-state index in [0.29, 0.717) is 44.9 Å². The average molecular weight is 390 g/mol. The van der Waals surface area contributed by atoms with Crippen molar-refractivity contribution < 1.29 is 14.4 Å². The molecule has 2 aliphatic heterocycles. The molecule has 1 atom stereocenters. The molecule has 1 aromatic heterocycles. The molecule has 2 fully saturated rings. The maximum Gasteiger partial charge on any atom is 0.247 e. The Labute approximate surface area is 166 Å². The maximum absolute atomic E-state index is 13.0. The van der Waals surface area contributed by atoms with Gasteiger partial charge in [-0.15, -0.1) is 0 Å². The van der Waals surface area contributed by atoms with Crippen molar-refractivity contribution in [2.24, 2.45) is 5.92 Å². The SMILES string of the molecule is Cc1cc(C)n(CCC(=O)N2CCCN3C(=O)CN(CC(C)C)C(=O)C3C2)n1. The van der Waals surface area contributed by atoms with E-state index in [9.17, 15) is 14.4 Å². The molecule has 8 nitrogen and oxygen atoms in total. The van der Waals surface area contributed by atoms with Crippen molar-refractivity contribution in [3.63, 3.8) is 0 Å². The Hall–Kier alpha value is -2.38. The van der Waals surface area contributed by atoms with Gasteiger partial charge in [0.2, 0.25) is 17.7 Å². The molecule has 3 heterocycles. The lowest BCUT2D eigenvalue weighted by Gasteiger charge is -2.40. The number of piperazine rings is 1. The summed E-state index contributed by atoms with van der Waals surface area (Å²) in [5.41, 5.74) is 1.97. The summed E-state index contributed by atoms with van der Waals surface area (Å²) in [5.74, 6) is 0.261. The van der Waals surface area contributed by atoms with Gasteiger partial charge < -0.3 is 14.7 Å². The van der Waals surface area contributed by atoms with E-state index >= 15 is 0 Å². The molecule has 8 heteroatoms. The number of hydrogen-bond donors (Lipinski definition) is 0. The van der Waals surface area contributed by atoms with Crippen molar-refractivity contribution in [1.82, 2.24) is 24.5 Å². The number of aromatic nitrogens is 2. The van der Waals surface area contributed by atoms with Gasteiger partial charge in [-0.3, -0.25) is 19.1 Å². The molecular formula is C20H31N5O3. The molecule has 0 aliphatic carbocycles. The summed E-state index contributed by atoms with van der Waals surface area (Å²) in [6, 6.07) is 1.43. The summed E-state index contributed by atoms with van der Waals surface area (Å²) in [6.45, 7) is 10.6. The zero-order chi connectivity index (χ0) is 20.4. The molecule has 0 aromatic carbocycles. The Morgan fingerprint density at radius 2 is 2.00 bits per heavy atom. The largest absolute Gasteiger partial charge is 0.340 e. The topological polar surface area (TPSA) is 78.8 Å². The standard InChI is InChI=1S/C20H31N5O3/c1-14(2)11-23-13-19(27)24-8-5-7-22(12-17(24)20(23)28)18(26)6-9-25-16(4)10-15(3)21-25/h10,14,17H,5-9,11-13H2,1-4H3. The van der Waals surface area contributed by atoms with Crippen LogP contribution in [0.25, 0.3) is 0 Å². The fourth-order valence-electron chi connectivity index (χ4n) is 4.12. The summed E-state index contributed by atoms with van der Waals surface area (Å²) in [6.07, 6.45) is 1.04.